The summed E-state index contributed by atoms with van der Waals surface area (Å²) in [5.74, 6) is -0.0131. The van der Waals surface area contributed by atoms with Gasteiger partial charge in [-0.15, -0.1) is 0 Å². The van der Waals surface area contributed by atoms with Gasteiger partial charge in [-0.25, -0.2) is 13.6 Å². The van der Waals surface area contributed by atoms with Crippen LogP contribution in [0.2, 0.25) is 0 Å². The number of hydrogen-bond acceptors (Lipinski definition) is 4. The molecule has 0 aromatic heterocycles. The van der Waals surface area contributed by atoms with Gasteiger partial charge in [-0.2, -0.15) is 0 Å². The number of benzene rings is 1. The van der Waals surface area contributed by atoms with Crippen LogP contribution in [0.3, 0.4) is 0 Å². The largest absolute Gasteiger partial charge is 0.492 e. The number of carbonyl (C=O) groups is 1. The number of rotatable bonds is 5. The van der Waals surface area contributed by atoms with E-state index >= 15 is 0 Å². The molecule has 0 aliphatic rings. The molecule has 118 valence electrons. The number of nitrogens with two attached hydrogens (primary N) is 1. The Kier molecular flexibility index (Phi) is 5.36. The van der Waals surface area contributed by atoms with Crippen molar-refractivity contribution < 1.29 is 17.9 Å². The Labute approximate surface area is 125 Å². The number of ether oxygens (including phenoxy) is 1. The molecule has 0 unspecified atom stereocenters. The van der Waals surface area contributed by atoms with E-state index in [1.165, 1.54) is 12.1 Å². The summed E-state index contributed by atoms with van der Waals surface area (Å²) in [5.41, 5.74) is 0.217. The summed E-state index contributed by atoms with van der Waals surface area (Å²) in [7, 11) is -3.93. The number of carbonyl (C=O) groups excluding carboxylic acids is 1. The van der Waals surface area contributed by atoms with Crippen LogP contribution in [0.1, 0.15) is 34.1 Å². The minimum Gasteiger partial charge on any atom is -0.492 e. The second kappa shape index (κ2) is 6.44. The van der Waals surface area contributed by atoms with E-state index in [9.17, 15) is 13.2 Å². The molecule has 1 aromatic carbocycles. The first-order valence-corrected chi connectivity index (χ1v) is 8.17. The van der Waals surface area contributed by atoms with Crippen LogP contribution < -0.4 is 15.2 Å². The maximum Gasteiger partial charge on any atom is 0.241 e. The van der Waals surface area contributed by atoms with E-state index in [0.717, 1.165) is 0 Å². The molecule has 0 saturated heterocycles. The summed E-state index contributed by atoms with van der Waals surface area (Å²) in [6.45, 7) is 7.89. The number of sulfonamides is 1. The summed E-state index contributed by atoms with van der Waals surface area (Å²) in [4.78, 5) is 11.7. The average molecular weight is 314 g/mol. The van der Waals surface area contributed by atoms with Gasteiger partial charge in [0.2, 0.25) is 15.9 Å². The van der Waals surface area contributed by atoms with Gasteiger partial charge >= 0.3 is 0 Å². The molecule has 21 heavy (non-hydrogen) atoms. The van der Waals surface area contributed by atoms with E-state index in [1.807, 2.05) is 20.8 Å². The lowest BCUT2D eigenvalue weighted by Gasteiger charge is -2.17. The Morgan fingerprint density at radius 2 is 1.95 bits per heavy atom. The van der Waals surface area contributed by atoms with Gasteiger partial charge in [0.1, 0.15) is 10.6 Å². The highest BCUT2D eigenvalue weighted by Gasteiger charge is 2.19. The summed E-state index contributed by atoms with van der Waals surface area (Å²) in [6, 6.07) is 4.37. The fraction of sp³-hybridized carbons (Fsp3) is 0.500. The second-order valence-corrected chi connectivity index (χ2v) is 7.45. The highest BCUT2D eigenvalue weighted by atomic mass is 32.2. The molecule has 0 heterocycles. The fourth-order valence-electron chi connectivity index (χ4n) is 1.77. The molecule has 0 spiro atoms. The normalized spacial score (nSPS) is 12.0. The molecular weight excluding hydrogens is 292 g/mol. The SMILES string of the molecule is CCOc1ccc(NC(=O)CC(C)(C)C)cc1S(N)(=O)=O. The van der Waals surface area contributed by atoms with Crippen molar-refractivity contribution in [3.63, 3.8) is 0 Å². The van der Waals surface area contributed by atoms with Gasteiger partial charge in [0.25, 0.3) is 0 Å². The Bertz CT molecular complexity index is 618. The predicted octanol–water partition coefficient (Wildman–Crippen LogP) is 2.11. The molecular formula is C14H22N2O4S. The zero-order valence-corrected chi connectivity index (χ0v) is 13.6. The van der Waals surface area contributed by atoms with Crippen LogP contribution in [0, 0.1) is 5.41 Å². The van der Waals surface area contributed by atoms with Crippen LogP contribution in [0.15, 0.2) is 23.1 Å². The predicted molar refractivity (Wildman–Crippen MR) is 81.7 cm³/mol. The van der Waals surface area contributed by atoms with E-state index < -0.39 is 10.0 Å². The monoisotopic (exact) mass is 314 g/mol. The van der Waals surface area contributed by atoms with Crippen LogP contribution in [0.25, 0.3) is 0 Å². The van der Waals surface area contributed by atoms with Crippen molar-refractivity contribution in [3.8, 4) is 5.75 Å². The first kappa shape index (κ1) is 17.5. The minimum atomic E-state index is -3.93. The van der Waals surface area contributed by atoms with Crippen molar-refractivity contribution in [2.24, 2.45) is 10.6 Å². The van der Waals surface area contributed by atoms with Crippen molar-refractivity contribution in [3.05, 3.63) is 18.2 Å². The zero-order chi connectivity index (χ0) is 16.3. The summed E-state index contributed by atoms with van der Waals surface area (Å²) < 4.78 is 28.4. The average Bonchev–Trinajstić information content (AvgIpc) is 2.27. The molecule has 0 radical (unpaired) electrons. The summed E-state index contributed by atoms with van der Waals surface area (Å²) in [6.07, 6.45) is 0.324. The number of primary sulfonamides is 1. The third kappa shape index (κ3) is 5.73. The maximum absolute atomic E-state index is 11.9. The van der Waals surface area contributed by atoms with Crippen molar-refractivity contribution in [1.29, 1.82) is 0 Å². The van der Waals surface area contributed by atoms with Gasteiger partial charge in [-0.05, 0) is 30.5 Å². The maximum atomic E-state index is 11.9. The van der Waals surface area contributed by atoms with Crippen molar-refractivity contribution in [2.45, 2.75) is 39.0 Å². The fourth-order valence-corrected chi connectivity index (χ4v) is 2.47. The van der Waals surface area contributed by atoms with E-state index in [2.05, 4.69) is 5.32 Å². The summed E-state index contributed by atoms with van der Waals surface area (Å²) in [5, 5.41) is 7.83. The van der Waals surface area contributed by atoms with E-state index in [0.29, 0.717) is 18.7 Å². The minimum absolute atomic E-state index is 0.141. The van der Waals surface area contributed by atoms with Gasteiger partial charge in [-0.3, -0.25) is 4.79 Å². The first-order chi connectivity index (χ1) is 9.53. The highest BCUT2D eigenvalue weighted by molar-refractivity contribution is 7.89. The quantitative estimate of drug-likeness (QED) is 0.869. The van der Waals surface area contributed by atoms with Gasteiger partial charge in [0.15, 0.2) is 0 Å². The second-order valence-electron chi connectivity index (χ2n) is 5.93. The molecule has 0 saturated carbocycles. The molecule has 0 aliphatic carbocycles. The zero-order valence-electron chi connectivity index (χ0n) is 12.8. The van der Waals surface area contributed by atoms with E-state index in [1.54, 1.807) is 13.0 Å². The number of hydrogen-bond donors (Lipinski definition) is 2. The number of amides is 1. The lowest BCUT2D eigenvalue weighted by Crippen LogP contribution is -2.20. The Morgan fingerprint density at radius 1 is 1.33 bits per heavy atom. The highest BCUT2D eigenvalue weighted by Crippen LogP contribution is 2.27. The van der Waals surface area contributed by atoms with Crippen LogP contribution >= 0.6 is 0 Å². The Balaban J connectivity index is 3.04. The molecule has 1 amide bonds. The molecule has 0 atom stereocenters. The molecule has 1 aromatic rings. The van der Waals surface area contributed by atoms with Crippen LogP contribution in [-0.4, -0.2) is 20.9 Å². The van der Waals surface area contributed by atoms with Gasteiger partial charge < -0.3 is 10.1 Å². The third-order valence-corrected chi connectivity index (χ3v) is 3.46. The molecule has 6 nitrogen and oxygen atoms in total. The first-order valence-electron chi connectivity index (χ1n) is 6.62. The van der Waals surface area contributed by atoms with Crippen LogP contribution in [-0.2, 0) is 14.8 Å². The standard InChI is InChI=1S/C14H22N2O4S/c1-5-20-11-7-6-10(8-12(11)21(15,18)19)16-13(17)9-14(2,3)4/h6-8H,5,9H2,1-4H3,(H,16,17)(H2,15,18,19). The van der Waals surface area contributed by atoms with E-state index in [4.69, 9.17) is 9.88 Å². The lowest BCUT2D eigenvalue weighted by atomic mass is 9.92. The number of anilines is 1. The van der Waals surface area contributed by atoms with Gasteiger partial charge in [0.05, 0.1) is 6.61 Å². The molecule has 1 rings (SSSR count). The molecule has 0 fully saturated rings. The summed E-state index contributed by atoms with van der Waals surface area (Å²) >= 11 is 0. The Morgan fingerprint density at radius 3 is 2.43 bits per heavy atom. The lowest BCUT2D eigenvalue weighted by molar-refractivity contribution is -0.117. The molecule has 0 bridgehead atoms. The van der Waals surface area contributed by atoms with Gasteiger partial charge in [0, 0.05) is 12.1 Å². The van der Waals surface area contributed by atoms with Crippen molar-refractivity contribution in [2.75, 3.05) is 11.9 Å². The van der Waals surface area contributed by atoms with Crippen molar-refractivity contribution in [1.82, 2.24) is 0 Å². The van der Waals surface area contributed by atoms with E-state index in [-0.39, 0.29) is 22.0 Å². The van der Waals surface area contributed by atoms with Crippen LogP contribution in [0.4, 0.5) is 5.69 Å². The van der Waals surface area contributed by atoms with Crippen molar-refractivity contribution >= 4 is 21.6 Å². The molecule has 7 heteroatoms. The third-order valence-electron chi connectivity index (χ3n) is 2.52. The molecule has 3 N–H and O–H groups in total. The topological polar surface area (TPSA) is 98.5 Å². The Hall–Kier alpha value is -1.60. The van der Waals surface area contributed by atoms with Gasteiger partial charge in [-0.1, -0.05) is 20.8 Å². The smallest absolute Gasteiger partial charge is 0.241 e. The molecule has 0 aliphatic heterocycles. The number of nitrogens with one attached hydrogen (secondary N) is 1. The van der Waals surface area contributed by atoms with Crippen LogP contribution in [0.5, 0.6) is 5.75 Å².